The maximum Gasteiger partial charge on any atom is 0.404 e. The predicted molar refractivity (Wildman–Crippen MR) is 116 cm³/mol. The molecule has 0 unspecified atom stereocenters. The van der Waals surface area contributed by atoms with Crippen molar-refractivity contribution in [3.05, 3.63) is 94.8 Å². The van der Waals surface area contributed by atoms with Crippen LogP contribution in [0.3, 0.4) is 0 Å². The number of halogens is 2. The lowest BCUT2D eigenvalue weighted by Crippen LogP contribution is -2.14. The molecular weight excluding hydrogens is 404 g/mol. The molecule has 0 bridgehead atoms. The lowest BCUT2D eigenvalue weighted by Gasteiger charge is -2.09. The minimum absolute atomic E-state index is 0. The molecule has 1 aliphatic rings. The highest BCUT2D eigenvalue weighted by molar-refractivity contribution is 6.05. The summed E-state index contributed by atoms with van der Waals surface area (Å²) in [6, 6.07) is 14.3. The molecule has 8 heteroatoms. The maximum atomic E-state index is 13.1. The third kappa shape index (κ3) is 6.08. The molecule has 0 saturated carbocycles. The van der Waals surface area contributed by atoms with Crippen LogP contribution in [0, 0.1) is 11.6 Å². The SMILES string of the molecule is NC(=O)OCc1ccccn1.O=C(Nc1ccc(F)c(F)c1)c1cccc2c1CCC2.[HH].[HH]. The number of carbonyl (C=O) groups is 2. The second kappa shape index (κ2) is 10.3. The van der Waals surface area contributed by atoms with Gasteiger partial charge in [-0.3, -0.25) is 9.78 Å². The summed E-state index contributed by atoms with van der Waals surface area (Å²) in [5.74, 6) is -2.18. The van der Waals surface area contributed by atoms with Crippen LogP contribution >= 0.6 is 0 Å². The van der Waals surface area contributed by atoms with Crippen molar-refractivity contribution in [1.82, 2.24) is 4.98 Å². The molecule has 4 rings (SSSR count). The Balaban J connectivity index is 0.000000362. The quantitative estimate of drug-likeness (QED) is 0.618. The topological polar surface area (TPSA) is 94.3 Å². The van der Waals surface area contributed by atoms with Gasteiger partial charge >= 0.3 is 6.09 Å². The van der Waals surface area contributed by atoms with E-state index in [0.717, 1.165) is 37.0 Å². The molecule has 0 saturated heterocycles. The van der Waals surface area contributed by atoms with Gasteiger partial charge in [-0.25, -0.2) is 13.6 Å². The monoisotopic (exact) mass is 429 g/mol. The summed E-state index contributed by atoms with van der Waals surface area (Å²) < 4.78 is 30.5. The number of rotatable bonds is 4. The van der Waals surface area contributed by atoms with Crippen LogP contribution in [0.1, 0.15) is 36.5 Å². The van der Waals surface area contributed by atoms with E-state index in [1.807, 2.05) is 18.2 Å². The van der Waals surface area contributed by atoms with Gasteiger partial charge in [0, 0.05) is 26.4 Å². The van der Waals surface area contributed by atoms with Gasteiger partial charge in [-0.1, -0.05) is 18.2 Å². The highest BCUT2D eigenvalue weighted by atomic mass is 19.2. The number of nitrogens with one attached hydrogen (secondary N) is 1. The van der Waals surface area contributed by atoms with Gasteiger partial charge in [0.05, 0.1) is 5.69 Å². The Bertz CT molecular complexity index is 1090. The van der Waals surface area contributed by atoms with Crippen LogP contribution < -0.4 is 11.1 Å². The zero-order chi connectivity index (χ0) is 22.2. The number of fused-ring (bicyclic) bond motifs is 1. The van der Waals surface area contributed by atoms with Crippen LogP contribution in [0.5, 0.6) is 0 Å². The van der Waals surface area contributed by atoms with Crippen LogP contribution in [0.4, 0.5) is 19.3 Å². The fourth-order valence-electron chi connectivity index (χ4n) is 3.23. The van der Waals surface area contributed by atoms with Crippen LogP contribution in [-0.4, -0.2) is 17.0 Å². The van der Waals surface area contributed by atoms with E-state index in [1.165, 1.54) is 11.6 Å². The first-order valence-corrected chi connectivity index (χ1v) is 9.63. The number of primary amides is 1. The number of benzene rings is 2. The summed E-state index contributed by atoms with van der Waals surface area (Å²) in [7, 11) is 0. The molecule has 3 N–H and O–H groups in total. The summed E-state index contributed by atoms with van der Waals surface area (Å²) in [6.07, 6.45) is 3.76. The van der Waals surface area contributed by atoms with Crippen LogP contribution in [0.25, 0.3) is 0 Å². The number of amides is 2. The third-order valence-corrected chi connectivity index (χ3v) is 4.66. The Morgan fingerprint density at radius 3 is 2.61 bits per heavy atom. The number of hydrogen-bond donors (Lipinski definition) is 2. The Hall–Kier alpha value is -3.81. The summed E-state index contributed by atoms with van der Waals surface area (Å²) in [5, 5.41) is 2.61. The maximum absolute atomic E-state index is 13.1. The zero-order valence-electron chi connectivity index (χ0n) is 16.6. The lowest BCUT2D eigenvalue weighted by molar-refractivity contribution is 0.102. The van der Waals surface area contributed by atoms with E-state index in [2.05, 4.69) is 15.0 Å². The van der Waals surface area contributed by atoms with Crippen molar-refractivity contribution in [2.24, 2.45) is 5.73 Å². The molecule has 0 spiro atoms. The van der Waals surface area contributed by atoms with Crippen molar-refractivity contribution >= 4 is 17.7 Å². The number of aromatic nitrogens is 1. The molecule has 2 amide bonds. The molecule has 0 atom stereocenters. The summed E-state index contributed by atoms with van der Waals surface area (Å²) >= 11 is 0. The smallest absolute Gasteiger partial charge is 0.404 e. The number of hydrogen-bond acceptors (Lipinski definition) is 4. The van der Waals surface area contributed by atoms with Gasteiger partial charge in [0.1, 0.15) is 6.61 Å². The Kier molecular flexibility index (Phi) is 7.26. The fraction of sp³-hybridized carbons (Fsp3) is 0.174. The van der Waals surface area contributed by atoms with Gasteiger partial charge in [0.15, 0.2) is 11.6 Å². The van der Waals surface area contributed by atoms with E-state index in [0.29, 0.717) is 11.3 Å². The van der Waals surface area contributed by atoms with Crippen LogP contribution in [0.15, 0.2) is 60.8 Å². The van der Waals surface area contributed by atoms with Crippen molar-refractivity contribution in [3.8, 4) is 0 Å². The fourth-order valence-corrected chi connectivity index (χ4v) is 3.23. The number of ether oxygens (including phenoxy) is 1. The number of pyridine rings is 1. The zero-order valence-corrected chi connectivity index (χ0v) is 16.6. The molecule has 2 aromatic carbocycles. The van der Waals surface area contributed by atoms with E-state index in [4.69, 9.17) is 5.73 Å². The number of aryl methyl sites for hydroxylation is 1. The highest BCUT2D eigenvalue weighted by Crippen LogP contribution is 2.26. The van der Waals surface area contributed by atoms with Gasteiger partial charge in [0.25, 0.3) is 5.91 Å². The van der Waals surface area contributed by atoms with Gasteiger partial charge in [0.2, 0.25) is 0 Å². The lowest BCUT2D eigenvalue weighted by atomic mass is 10.0. The first-order valence-electron chi connectivity index (χ1n) is 9.63. The normalized spacial score (nSPS) is 11.7. The molecule has 1 aromatic heterocycles. The average Bonchev–Trinajstić information content (AvgIpc) is 3.25. The first-order chi connectivity index (χ1) is 14.9. The Morgan fingerprint density at radius 2 is 1.90 bits per heavy atom. The summed E-state index contributed by atoms with van der Waals surface area (Å²) in [4.78, 5) is 26.3. The standard InChI is InChI=1S/C16H13F2NO.C7H8N2O2.2H2/c17-14-8-7-11(9-15(14)18)19-16(20)13-6-2-4-10-3-1-5-12(10)13;8-7(10)11-5-6-3-1-2-4-9-6;;/h2,4,6-9H,1,3,5H2,(H,19,20);1-4H,5H2,(H2,8,10);2*1H. The molecule has 1 aliphatic carbocycles. The third-order valence-electron chi connectivity index (χ3n) is 4.66. The summed E-state index contributed by atoms with van der Waals surface area (Å²) in [5.41, 5.74) is 8.57. The molecule has 1 heterocycles. The van der Waals surface area contributed by atoms with Gasteiger partial charge in [-0.15, -0.1) is 0 Å². The molecule has 0 radical (unpaired) electrons. The number of carbonyl (C=O) groups excluding carboxylic acids is 2. The van der Waals surface area contributed by atoms with Gasteiger partial charge < -0.3 is 15.8 Å². The van der Waals surface area contributed by atoms with Crippen molar-refractivity contribution in [3.63, 3.8) is 0 Å². The molecule has 6 nitrogen and oxygen atoms in total. The van der Waals surface area contributed by atoms with Crippen molar-refractivity contribution in [1.29, 1.82) is 0 Å². The van der Waals surface area contributed by atoms with Crippen LogP contribution in [0.2, 0.25) is 0 Å². The van der Waals surface area contributed by atoms with E-state index >= 15 is 0 Å². The van der Waals surface area contributed by atoms with Gasteiger partial charge in [-0.05, 0) is 60.7 Å². The molecule has 164 valence electrons. The minimum atomic E-state index is -0.971. The van der Waals surface area contributed by atoms with E-state index < -0.39 is 17.7 Å². The number of anilines is 1. The van der Waals surface area contributed by atoms with E-state index in [9.17, 15) is 18.4 Å². The molecule has 31 heavy (non-hydrogen) atoms. The molecular formula is C23H25F2N3O3. The summed E-state index contributed by atoms with van der Waals surface area (Å²) in [6.45, 7) is 0.135. The Labute approximate surface area is 181 Å². The Morgan fingerprint density at radius 1 is 1.06 bits per heavy atom. The largest absolute Gasteiger partial charge is 0.443 e. The van der Waals surface area contributed by atoms with Crippen molar-refractivity contribution in [2.75, 3.05) is 5.32 Å². The second-order valence-electron chi connectivity index (χ2n) is 6.81. The molecule has 3 aromatic rings. The number of nitrogens with two attached hydrogens (primary N) is 1. The van der Waals surface area contributed by atoms with Crippen molar-refractivity contribution < 1.29 is 26.0 Å². The average molecular weight is 429 g/mol. The molecule has 0 fully saturated rings. The van der Waals surface area contributed by atoms with Gasteiger partial charge in [-0.2, -0.15) is 0 Å². The van der Waals surface area contributed by atoms with E-state index in [1.54, 1.807) is 24.4 Å². The van der Waals surface area contributed by atoms with Crippen molar-refractivity contribution in [2.45, 2.75) is 25.9 Å². The highest BCUT2D eigenvalue weighted by Gasteiger charge is 2.19. The first kappa shape index (κ1) is 21.9. The van der Waals surface area contributed by atoms with Crippen LogP contribution in [-0.2, 0) is 24.2 Å². The number of nitrogens with zero attached hydrogens (tertiary/aromatic N) is 1. The predicted octanol–water partition coefficient (Wildman–Crippen LogP) is 4.87. The second-order valence-corrected chi connectivity index (χ2v) is 6.81. The molecule has 0 aliphatic heterocycles. The van der Waals surface area contributed by atoms with E-state index in [-0.39, 0.29) is 21.1 Å². The minimum Gasteiger partial charge on any atom is -0.443 e.